The standard InChI is InChI=1S/C23H26N2O7S/c1-2-31-22(27)18-12-6-7-13-19(18)24-21(26)16-32-23(28)20-14-8-9-15-25(20)33(29,30)17-10-4-3-5-11-17/h3-7,10-13,20H,2,8-9,14-16H2,1H3,(H,24,26). The van der Waals surface area contributed by atoms with Crippen LogP contribution in [0.25, 0.3) is 0 Å². The number of nitrogens with one attached hydrogen (secondary N) is 1. The van der Waals surface area contributed by atoms with Gasteiger partial charge in [0.1, 0.15) is 6.04 Å². The first-order chi connectivity index (χ1) is 15.8. The highest BCUT2D eigenvalue weighted by molar-refractivity contribution is 7.89. The van der Waals surface area contributed by atoms with Gasteiger partial charge in [0.25, 0.3) is 5.91 Å². The number of amides is 1. The number of nitrogens with zero attached hydrogens (tertiary/aromatic N) is 1. The monoisotopic (exact) mass is 474 g/mol. The van der Waals surface area contributed by atoms with E-state index in [4.69, 9.17) is 9.47 Å². The van der Waals surface area contributed by atoms with E-state index in [0.717, 1.165) is 4.31 Å². The van der Waals surface area contributed by atoms with Gasteiger partial charge in [-0.1, -0.05) is 30.3 Å². The first-order valence-corrected chi connectivity index (χ1v) is 12.1. The number of piperidine rings is 1. The van der Waals surface area contributed by atoms with E-state index < -0.39 is 40.5 Å². The van der Waals surface area contributed by atoms with Gasteiger partial charge in [0, 0.05) is 6.54 Å². The van der Waals surface area contributed by atoms with Gasteiger partial charge in [-0.15, -0.1) is 0 Å². The van der Waals surface area contributed by atoms with Gasteiger partial charge in [0.15, 0.2) is 6.61 Å². The maximum atomic E-state index is 13.0. The average molecular weight is 475 g/mol. The van der Waals surface area contributed by atoms with Crippen molar-refractivity contribution in [1.29, 1.82) is 0 Å². The third-order valence-corrected chi connectivity index (χ3v) is 7.04. The third-order valence-electron chi connectivity index (χ3n) is 5.12. The van der Waals surface area contributed by atoms with Crippen molar-refractivity contribution in [3.05, 3.63) is 60.2 Å². The van der Waals surface area contributed by atoms with E-state index in [9.17, 15) is 22.8 Å². The van der Waals surface area contributed by atoms with E-state index >= 15 is 0 Å². The fraction of sp³-hybridized carbons (Fsp3) is 0.348. The molecule has 1 N–H and O–H groups in total. The summed E-state index contributed by atoms with van der Waals surface area (Å²) in [6.07, 6.45) is 1.60. The van der Waals surface area contributed by atoms with E-state index in [2.05, 4.69) is 5.32 Å². The van der Waals surface area contributed by atoms with Gasteiger partial charge in [-0.2, -0.15) is 4.31 Å². The van der Waals surface area contributed by atoms with Crippen LogP contribution in [-0.4, -0.2) is 56.4 Å². The van der Waals surface area contributed by atoms with Crippen molar-refractivity contribution in [1.82, 2.24) is 4.31 Å². The zero-order valence-corrected chi connectivity index (χ0v) is 19.0. The van der Waals surface area contributed by atoms with Gasteiger partial charge >= 0.3 is 11.9 Å². The van der Waals surface area contributed by atoms with Gasteiger partial charge in [0.2, 0.25) is 10.0 Å². The van der Waals surface area contributed by atoms with E-state index in [-0.39, 0.29) is 29.3 Å². The summed E-state index contributed by atoms with van der Waals surface area (Å²) >= 11 is 0. The summed E-state index contributed by atoms with van der Waals surface area (Å²) in [5.74, 6) is -2.04. The molecule has 0 bridgehead atoms. The number of hydrogen-bond acceptors (Lipinski definition) is 7. The van der Waals surface area contributed by atoms with Crippen molar-refractivity contribution < 1.29 is 32.3 Å². The molecule has 10 heteroatoms. The van der Waals surface area contributed by atoms with Crippen molar-refractivity contribution >= 4 is 33.6 Å². The van der Waals surface area contributed by atoms with Crippen molar-refractivity contribution in [2.45, 2.75) is 37.1 Å². The maximum absolute atomic E-state index is 13.0. The molecule has 0 aliphatic carbocycles. The number of carbonyl (C=O) groups excluding carboxylic acids is 3. The number of carbonyl (C=O) groups is 3. The van der Waals surface area contributed by atoms with E-state index in [0.29, 0.717) is 19.3 Å². The summed E-state index contributed by atoms with van der Waals surface area (Å²) in [4.78, 5) is 37.2. The molecular weight excluding hydrogens is 448 g/mol. The van der Waals surface area contributed by atoms with Gasteiger partial charge in [-0.05, 0) is 50.5 Å². The van der Waals surface area contributed by atoms with Crippen LogP contribution >= 0.6 is 0 Å². The van der Waals surface area contributed by atoms with Crippen LogP contribution in [0, 0.1) is 0 Å². The Hall–Kier alpha value is -3.24. The smallest absolute Gasteiger partial charge is 0.340 e. The minimum absolute atomic E-state index is 0.0954. The van der Waals surface area contributed by atoms with Crippen LogP contribution in [0.2, 0.25) is 0 Å². The number of esters is 2. The molecule has 9 nitrogen and oxygen atoms in total. The van der Waals surface area contributed by atoms with Gasteiger partial charge in [-0.25, -0.2) is 13.2 Å². The minimum Gasteiger partial charge on any atom is -0.462 e. The quantitative estimate of drug-likeness (QED) is 0.584. The van der Waals surface area contributed by atoms with Crippen LogP contribution < -0.4 is 5.32 Å². The first kappa shape index (κ1) is 24.4. The maximum Gasteiger partial charge on any atom is 0.340 e. The minimum atomic E-state index is -3.88. The molecule has 0 radical (unpaired) electrons. The van der Waals surface area contributed by atoms with Crippen molar-refractivity contribution in [3.63, 3.8) is 0 Å². The molecule has 1 unspecified atom stereocenters. The van der Waals surface area contributed by atoms with E-state index in [1.165, 1.54) is 24.3 Å². The largest absolute Gasteiger partial charge is 0.462 e. The van der Waals surface area contributed by atoms with Crippen molar-refractivity contribution in [3.8, 4) is 0 Å². The molecule has 1 saturated heterocycles. The van der Waals surface area contributed by atoms with Crippen LogP contribution in [0.1, 0.15) is 36.5 Å². The predicted octanol–water partition coefficient (Wildman–Crippen LogP) is 2.59. The molecule has 1 aliphatic heterocycles. The highest BCUT2D eigenvalue weighted by atomic mass is 32.2. The number of sulfonamides is 1. The van der Waals surface area contributed by atoms with Crippen LogP contribution in [0.4, 0.5) is 5.69 Å². The number of hydrogen-bond donors (Lipinski definition) is 1. The molecule has 1 fully saturated rings. The summed E-state index contributed by atoms with van der Waals surface area (Å²) in [6, 6.07) is 13.2. The zero-order chi connectivity index (χ0) is 23.8. The molecule has 2 aromatic rings. The first-order valence-electron chi connectivity index (χ1n) is 10.6. The predicted molar refractivity (Wildman–Crippen MR) is 120 cm³/mol. The SMILES string of the molecule is CCOC(=O)c1ccccc1NC(=O)COC(=O)C1CCCCN1S(=O)(=O)c1ccccc1. The second kappa shape index (κ2) is 11.1. The zero-order valence-electron chi connectivity index (χ0n) is 18.2. The molecule has 176 valence electrons. The Morgan fingerprint density at radius 2 is 1.70 bits per heavy atom. The highest BCUT2D eigenvalue weighted by Gasteiger charge is 2.38. The molecular formula is C23H26N2O7S. The molecule has 0 aromatic heterocycles. The molecule has 3 rings (SSSR count). The van der Waals surface area contributed by atoms with Gasteiger partial charge in [-0.3, -0.25) is 9.59 Å². The van der Waals surface area contributed by atoms with E-state index in [1.54, 1.807) is 37.3 Å². The topological polar surface area (TPSA) is 119 Å². The van der Waals surface area contributed by atoms with E-state index in [1.807, 2.05) is 0 Å². The Labute approximate surface area is 192 Å². The van der Waals surface area contributed by atoms with Crippen LogP contribution in [-0.2, 0) is 29.1 Å². The number of para-hydroxylation sites is 1. The molecule has 0 saturated carbocycles. The summed E-state index contributed by atoms with van der Waals surface area (Å²) in [6.45, 7) is 1.43. The average Bonchev–Trinajstić information content (AvgIpc) is 2.83. The summed E-state index contributed by atoms with van der Waals surface area (Å²) < 4.78 is 37.3. The van der Waals surface area contributed by atoms with Crippen LogP contribution in [0.5, 0.6) is 0 Å². The highest BCUT2D eigenvalue weighted by Crippen LogP contribution is 2.26. The number of rotatable bonds is 8. The summed E-state index contributed by atoms with van der Waals surface area (Å²) in [5, 5.41) is 2.53. The second-order valence-corrected chi connectivity index (χ2v) is 9.25. The van der Waals surface area contributed by atoms with Gasteiger partial charge in [0.05, 0.1) is 22.8 Å². The molecule has 33 heavy (non-hydrogen) atoms. The lowest BCUT2D eigenvalue weighted by atomic mass is 10.1. The molecule has 1 aliphatic rings. The Bertz CT molecular complexity index is 1100. The lowest BCUT2D eigenvalue weighted by molar-refractivity contribution is -0.152. The molecule has 2 aromatic carbocycles. The molecule has 1 amide bonds. The Morgan fingerprint density at radius 3 is 2.42 bits per heavy atom. The van der Waals surface area contributed by atoms with Crippen LogP contribution in [0.3, 0.4) is 0 Å². The Balaban J connectivity index is 1.65. The lowest BCUT2D eigenvalue weighted by Crippen LogP contribution is -2.48. The number of benzene rings is 2. The number of anilines is 1. The third kappa shape index (κ3) is 5.96. The van der Waals surface area contributed by atoms with Crippen molar-refractivity contribution in [2.24, 2.45) is 0 Å². The fourth-order valence-electron chi connectivity index (χ4n) is 3.55. The second-order valence-electron chi connectivity index (χ2n) is 7.36. The molecule has 0 spiro atoms. The molecule has 1 atom stereocenters. The normalized spacial score (nSPS) is 16.6. The lowest BCUT2D eigenvalue weighted by Gasteiger charge is -2.32. The Morgan fingerprint density at radius 1 is 1.00 bits per heavy atom. The summed E-state index contributed by atoms with van der Waals surface area (Å²) in [7, 11) is -3.88. The number of ether oxygens (including phenoxy) is 2. The van der Waals surface area contributed by atoms with Crippen molar-refractivity contribution in [2.75, 3.05) is 25.1 Å². The molecule has 1 heterocycles. The summed E-state index contributed by atoms with van der Waals surface area (Å²) in [5.41, 5.74) is 0.398. The Kier molecular flexibility index (Phi) is 8.18. The van der Waals surface area contributed by atoms with Crippen LogP contribution in [0.15, 0.2) is 59.5 Å². The van der Waals surface area contributed by atoms with Gasteiger partial charge < -0.3 is 14.8 Å². The fourth-order valence-corrected chi connectivity index (χ4v) is 5.22.